The fraction of sp³-hybridized carbons (Fsp3) is 0.312. The minimum atomic E-state index is -0.193. The molecular weight excluding hydrogens is 320 g/mol. The molecule has 0 saturated heterocycles. The van der Waals surface area contributed by atoms with Crippen molar-refractivity contribution in [2.24, 2.45) is 0 Å². The van der Waals surface area contributed by atoms with Gasteiger partial charge in [0.05, 0.1) is 18.7 Å². The molecule has 22 heavy (non-hydrogen) atoms. The SMILES string of the molecule is COc1ccc(Cl)cc1C(=O)NCC(c1ccsc1)N(C)C. The molecule has 118 valence electrons. The number of carbonyl (C=O) groups excluding carboxylic acids is 1. The molecule has 0 bridgehead atoms. The second-order valence-corrected chi connectivity index (χ2v) is 6.31. The van der Waals surface area contributed by atoms with Gasteiger partial charge in [-0.15, -0.1) is 0 Å². The number of rotatable bonds is 6. The number of hydrogen-bond donors (Lipinski definition) is 1. The van der Waals surface area contributed by atoms with E-state index < -0.39 is 0 Å². The van der Waals surface area contributed by atoms with E-state index in [2.05, 4.69) is 21.7 Å². The number of halogens is 1. The predicted octanol–water partition coefficient (Wildman–Crippen LogP) is 3.44. The number of amides is 1. The van der Waals surface area contributed by atoms with E-state index in [1.54, 1.807) is 29.5 Å². The average molecular weight is 339 g/mol. The largest absolute Gasteiger partial charge is 0.496 e. The van der Waals surface area contributed by atoms with Crippen molar-refractivity contribution >= 4 is 28.8 Å². The van der Waals surface area contributed by atoms with Crippen molar-refractivity contribution in [3.8, 4) is 5.75 Å². The molecule has 1 atom stereocenters. The lowest BCUT2D eigenvalue weighted by Gasteiger charge is -2.24. The Hall–Kier alpha value is -1.56. The van der Waals surface area contributed by atoms with E-state index >= 15 is 0 Å². The topological polar surface area (TPSA) is 41.6 Å². The van der Waals surface area contributed by atoms with Crippen molar-refractivity contribution in [3.05, 3.63) is 51.2 Å². The van der Waals surface area contributed by atoms with Crippen LogP contribution < -0.4 is 10.1 Å². The van der Waals surface area contributed by atoms with Crippen LogP contribution in [0.5, 0.6) is 5.75 Å². The standard InChI is InChI=1S/C16H19ClN2O2S/c1-19(2)14(11-6-7-22-10-11)9-18-16(20)13-8-12(17)4-5-15(13)21-3/h4-8,10,14H,9H2,1-3H3,(H,18,20). The number of likely N-dealkylation sites (N-methyl/N-ethyl adjacent to an activating group) is 1. The molecule has 1 N–H and O–H groups in total. The summed E-state index contributed by atoms with van der Waals surface area (Å²) >= 11 is 7.62. The second-order valence-electron chi connectivity index (χ2n) is 5.09. The van der Waals surface area contributed by atoms with Gasteiger partial charge in [0.1, 0.15) is 5.75 Å². The van der Waals surface area contributed by atoms with E-state index in [9.17, 15) is 4.79 Å². The van der Waals surface area contributed by atoms with Crippen LogP contribution in [0.3, 0.4) is 0 Å². The van der Waals surface area contributed by atoms with Crippen molar-refractivity contribution in [3.63, 3.8) is 0 Å². The molecule has 1 aromatic carbocycles. The summed E-state index contributed by atoms with van der Waals surface area (Å²) in [5.41, 5.74) is 1.63. The Morgan fingerprint density at radius 2 is 2.18 bits per heavy atom. The number of nitrogens with zero attached hydrogens (tertiary/aromatic N) is 1. The maximum absolute atomic E-state index is 12.4. The average Bonchev–Trinajstić information content (AvgIpc) is 3.01. The maximum atomic E-state index is 12.4. The van der Waals surface area contributed by atoms with E-state index in [-0.39, 0.29) is 11.9 Å². The summed E-state index contributed by atoms with van der Waals surface area (Å²) in [5, 5.41) is 7.59. The van der Waals surface area contributed by atoms with Gasteiger partial charge in [0.2, 0.25) is 0 Å². The molecule has 0 fully saturated rings. The van der Waals surface area contributed by atoms with Crippen LogP contribution in [0.4, 0.5) is 0 Å². The van der Waals surface area contributed by atoms with E-state index in [1.165, 1.54) is 12.7 Å². The van der Waals surface area contributed by atoms with Gasteiger partial charge in [-0.1, -0.05) is 11.6 Å². The third kappa shape index (κ3) is 4.00. The third-order valence-electron chi connectivity index (χ3n) is 3.41. The van der Waals surface area contributed by atoms with Gasteiger partial charge < -0.3 is 15.0 Å². The molecule has 1 aromatic heterocycles. The van der Waals surface area contributed by atoms with Crippen molar-refractivity contribution in [1.29, 1.82) is 0 Å². The van der Waals surface area contributed by atoms with E-state index in [0.717, 1.165) is 0 Å². The first-order chi connectivity index (χ1) is 10.5. The second kappa shape index (κ2) is 7.63. The Morgan fingerprint density at radius 1 is 1.41 bits per heavy atom. The van der Waals surface area contributed by atoms with Gasteiger partial charge in [0, 0.05) is 11.6 Å². The number of methoxy groups -OCH3 is 1. The number of thiophene rings is 1. The molecular formula is C16H19ClN2O2S. The molecule has 4 nitrogen and oxygen atoms in total. The quantitative estimate of drug-likeness (QED) is 0.877. The van der Waals surface area contributed by atoms with Gasteiger partial charge in [-0.25, -0.2) is 0 Å². The number of benzene rings is 1. The summed E-state index contributed by atoms with van der Waals surface area (Å²) in [6.07, 6.45) is 0. The molecule has 0 radical (unpaired) electrons. The van der Waals surface area contributed by atoms with Crippen LogP contribution in [-0.4, -0.2) is 38.6 Å². The van der Waals surface area contributed by atoms with Crippen molar-refractivity contribution in [2.45, 2.75) is 6.04 Å². The molecule has 1 heterocycles. The lowest BCUT2D eigenvalue weighted by atomic mass is 10.1. The first-order valence-corrected chi connectivity index (χ1v) is 8.15. The number of ether oxygens (including phenoxy) is 1. The Balaban J connectivity index is 2.10. The van der Waals surface area contributed by atoms with Crippen molar-refractivity contribution < 1.29 is 9.53 Å². The molecule has 0 saturated carbocycles. The summed E-state index contributed by atoms with van der Waals surface area (Å²) in [6, 6.07) is 7.21. The minimum Gasteiger partial charge on any atom is -0.496 e. The van der Waals surface area contributed by atoms with Gasteiger partial charge in [0.15, 0.2) is 0 Å². The van der Waals surface area contributed by atoms with E-state index in [1.807, 2.05) is 19.5 Å². The van der Waals surface area contributed by atoms with Crippen LogP contribution >= 0.6 is 22.9 Å². The normalized spacial score (nSPS) is 12.2. The lowest BCUT2D eigenvalue weighted by Crippen LogP contribution is -2.34. The monoisotopic (exact) mass is 338 g/mol. The third-order valence-corrected chi connectivity index (χ3v) is 4.35. The maximum Gasteiger partial charge on any atom is 0.255 e. The zero-order valence-electron chi connectivity index (χ0n) is 12.8. The Labute approximate surface area is 139 Å². The fourth-order valence-electron chi connectivity index (χ4n) is 2.21. The van der Waals surface area contributed by atoms with Gasteiger partial charge in [0.25, 0.3) is 5.91 Å². The summed E-state index contributed by atoms with van der Waals surface area (Å²) in [7, 11) is 5.52. The highest BCUT2D eigenvalue weighted by Gasteiger charge is 2.18. The van der Waals surface area contributed by atoms with Gasteiger partial charge in [-0.3, -0.25) is 4.79 Å². The zero-order valence-corrected chi connectivity index (χ0v) is 14.4. The Kier molecular flexibility index (Phi) is 5.83. The van der Waals surface area contributed by atoms with E-state index in [4.69, 9.17) is 16.3 Å². The molecule has 0 aliphatic rings. The minimum absolute atomic E-state index is 0.125. The fourth-order valence-corrected chi connectivity index (χ4v) is 3.08. The number of carbonyl (C=O) groups is 1. The summed E-state index contributed by atoms with van der Waals surface area (Å²) < 4.78 is 5.22. The number of hydrogen-bond acceptors (Lipinski definition) is 4. The predicted molar refractivity (Wildman–Crippen MR) is 91.1 cm³/mol. The molecule has 0 spiro atoms. The molecule has 1 amide bonds. The first kappa shape index (κ1) is 16.8. The highest BCUT2D eigenvalue weighted by molar-refractivity contribution is 7.07. The summed E-state index contributed by atoms with van der Waals surface area (Å²) in [6.45, 7) is 0.512. The number of nitrogens with one attached hydrogen (secondary N) is 1. The van der Waals surface area contributed by atoms with Crippen LogP contribution in [0.15, 0.2) is 35.0 Å². The van der Waals surface area contributed by atoms with Gasteiger partial charge in [-0.05, 0) is 54.7 Å². The first-order valence-electron chi connectivity index (χ1n) is 6.83. The van der Waals surface area contributed by atoms with Crippen LogP contribution in [0.1, 0.15) is 22.0 Å². The smallest absolute Gasteiger partial charge is 0.255 e. The zero-order chi connectivity index (χ0) is 16.1. The Morgan fingerprint density at radius 3 is 2.77 bits per heavy atom. The van der Waals surface area contributed by atoms with Crippen LogP contribution in [0, 0.1) is 0 Å². The molecule has 0 aliphatic carbocycles. The Bertz CT molecular complexity index is 629. The highest BCUT2D eigenvalue weighted by Crippen LogP contribution is 2.23. The van der Waals surface area contributed by atoms with Crippen LogP contribution in [-0.2, 0) is 0 Å². The van der Waals surface area contributed by atoms with Crippen LogP contribution in [0.25, 0.3) is 0 Å². The summed E-state index contributed by atoms with van der Waals surface area (Å²) in [4.78, 5) is 14.5. The molecule has 0 aliphatic heterocycles. The molecule has 6 heteroatoms. The lowest BCUT2D eigenvalue weighted by molar-refractivity contribution is 0.0939. The van der Waals surface area contributed by atoms with Crippen LogP contribution in [0.2, 0.25) is 5.02 Å². The van der Waals surface area contributed by atoms with Gasteiger partial charge in [-0.2, -0.15) is 11.3 Å². The van der Waals surface area contributed by atoms with E-state index in [0.29, 0.717) is 22.9 Å². The molecule has 2 rings (SSSR count). The van der Waals surface area contributed by atoms with Gasteiger partial charge >= 0.3 is 0 Å². The molecule has 2 aromatic rings. The summed E-state index contributed by atoms with van der Waals surface area (Å²) in [5.74, 6) is 0.320. The van der Waals surface area contributed by atoms with Crippen molar-refractivity contribution in [1.82, 2.24) is 10.2 Å². The molecule has 1 unspecified atom stereocenters. The highest BCUT2D eigenvalue weighted by atomic mass is 35.5. The van der Waals surface area contributed by atoms with Crippen molar-refractivity contribution in [2.75, 3.05) is 27.7 Å².